The Bertz CT molecular complexity index is 705. The molecule has 0 saturated carbocycles. The minimum absolute atomic E-state index is 0.478. The molecule has 0 aliphatic heterocycles. The van der Waals surface area contributed by atoms with Crippen molar-refractivity contribution < 1.29 is 14.2 Å². The van der Waals surface area contributed by atoms with Crippen LogP contribution in [0.25, 0.3) is 0 Å². The van der Waals surface area contributed by atoms with E-state index in [1.54, 1.807) is 33.5 Å². The molecule has 0 atom stereocenters. The van der Waals surface area contributed by atoms with Gasteiger partial charge in [-0.1, -0.05) is 26.0 Å². The number of anilines is 2. The summed E-state index contributed by atoms with van der Waals surface area (Å²) in [5, 5.41) is 6.78. The largest absolute Gasteiger partial charge is 0.493 e. The number of thiocarbonyl (C=S) groups is 1. The second-order valence-electron chi connectivity index (χ2n) is 5.77. The second-order valence-corrected chi connectivity index (χ2v) is 6.18. The highest BCUT2D eigenvalue weighted by atomic mass is 32.1. The van der Waals surface area contributed by atoms with E-state index in [4.69, 9.17) is 26.4 Å². The molecule has 25 heavy (non-hydrogen) atoms. The SMILES string of the molecule is COc1cc(NC(=S)Nc2ccc(C(C)C)cc2)cc(OC)c1OC. The fraction of sp³-hybridized carbons (Fsp3) is 0.316. The number of benzene rings is 2. The summed E-state index contributed by atoms with van der Waals surface area (Å²) in [6.45, 7) is 4.33. The standard InChI is InChI=1S/C19H24N2O3S/c1-12(2)13-6-8-14(9-7-13)20-19(25)21-15-10-16(22-3)18(24-5)17(11-15)23-4/h6-12H,1-5H3,(H2,20,21,25). The first kappa shape index (κ1) is 18.9. The van der Waals surface area contributed by atoms with Gasteiger partial charge in [-0.2, -0.15) is 0 Å². The van der Waals surface area contributed by atoms with Gasteiger partial charge in [0.25, 0.3) is 0 Å². The smallest absolute Gasteiger partial charge is 0.203 e. The molecule has 2 aromatic carbocycles. The Kier molecular flexibility index (Phi) is 6.47. The molecule has 0 radical (unpaired) electrons. The fourth-order valence-electron chi connectivity index (χ4n) is 2.40. The molecule has 0 saturated heterocycles. The molecule has 0 fully saturated rings. The lowest BCUT2D eigenvalue weighted by atomic mass is 10.0. The first-order valence-electron chi connectivity index (χ1n) is 7.96. The van der Waals surface area contributed by atoms with E-state index in [0.717, 1.165) is 11.4 Å². The molecule has 0 bridgehead atoms. The molecule has 0 spiro atoms. The predicted molar refractivity (Wildman–Crippen MR) is 106 cm³/mol. The lowest BCUT2D eigenvalue weighted by Crippen LogP contribution is -2.19. The molecule has 0 unspecified atom stereocenters. The van der Waals surface area contributed by atoms with Gasteiger partial charge in [0.1, 0.15) is 0 Å². The number of methoxy groups -OCH3 is 3. The van der Waals surface area contributed by atoms with Crippen LogP contribution >= 0.6 is 12.2 Å². The summed E-state index contributed by atoms with van der Waals surface area (Å²) in [4.78, 5) is 0. The molecule has 2 N–H and O–H groups in total. The van der Waals surface area contributed by atoms with Gasteiger partial charge >= 0.3 is 0 Å². The van der Waals surface area contributed by atoms with E-state index in [2.05, 4.69) is 36.6 Å². The third kappa shape index (κ3) is 4.76. The van der Waals surface area contributed by atoms with Crippen LogP contribution in [0.1, 0.15) is 25.3 Å². The maximum absolute atomic E-state index is 5.39. The number of hydrogen-bond acceptors (Lipinski definition) is 4. The van der Waals surface area contributed by atoms with Crippen LogP contribution in [-0.4, -0.2) is 26.4 Å². The summed E-state index contributed by atoms with van der Waals surface area (Å²) in [6.07, 6.45) is 0. The van der Waals surface area contributed by atoms with E-state index >= 15 is 0 Å². The maximum atomic E-state index is 5.39. The van der Waals surface area contributed by atoms with E-state index in [-0.39, 0.29) is 0 Å². The molecule has 2 rings (SSSR count). The van der Waals surface area contributed by atoms with Crippen molar-refractivity contribution in [1.29, 1.82) is 0 Å². The van der Waals surface area contributed by atoms with E-state index in [1.807, 2.05) is 12.1 Å². The minimum Gasteiger partial charge on any atom is -0.493 e. The van der Waals surface area contributed by atoms with Crippen molar-refractivity contribution in [2.45, 2.75) is 19.8 Å². The quantitative estimate of drug-likeness (QED) is 0.732. The van der Waals surface area contributed by atoms with Gasteiger partial charge in [-0.3, -0.25) is 0 Å². The highest BCUT2D eigenvalue weighted by Crippen LogP contribution is 2.39. The van der Waals surface area contributed by atoms with Crippen LogP contribution in [-0.2, 0) is 0 Å². The lowest BCUT2D eigenvalue weighted by Gasteiger charge is -2.16. The monoisotopic (exact) mass is 360 g/mol. The Labute approximate surface area is 154 Å². The van der Waals surface area contributed by atoms with Crippen molar-refractivity contribution in [3.8, 4) is 17.2 Å². The van der Waals surface area contributed by atoms with Crippen molar-refractivity contribution in [2.75, 3.05) is 32.0 Å². The lowest BCUT2D eigenvalue weighted by molar-refractivity contribution is 0.324. The van der Waals surface area contributed by atoms with E-state index < -0.39 is 0 Å². The number of hydrogen-bond donors (Lipinski definition) is 2. The van der Waals surface area contributed by atoms with Gasteiger partial charge in [0, 0.05) is 23.5 Å². The van der Waals surface area contributed by atoms with Crippen LogP contribution in [0.4, 0.5) is 11.4 Å². The Balaban J connectivity index is 2.12. The van der Waals surface area contributed by atoms with Gasteiger partial charge in [0.05, 0.1) is 21.3 Å². The molecule has 0 aliphatic rings. The Morgan fingerprint density at radius 3 is 1.80 bits per heavy atom. The zero-order valence-electron chi connectivity index (χ0n) is 15.2. The molecule has 6 heteroatoms. The molecular formula is C19H24N2O3S. The Morgan fingerprint density at radius 2 is 1.36 bits per heavy atom. The van der Waals surface area contributed by atoms with Gasteiger partial charge in [-0.15, -0.1) is 0 Å². The second kappa shape index (κ2) is 8.58. The summed E-state index contributed by atoms with van der Waals surface area (Å²) in [6, 6.07) is 11.8. The van der Waals surface area contributed by atoms with Crippen molar-refractivity contribution in [2.24, 2.45) is 0 Å². The van der Waals surface area contributed by atoms with Crippen molar-refractivity contribution in [3.63, 3.8) is 0 Å². The average Bonchev–Trinajstić information content (AvgIpc) is 2.61. The highest BCUT2D eigenvalue weighted by Gasteiger charge is 2.13. The summed E-state index contributed by atoms with van der Waals surface area (Å²) >= 11 is 5.39. The topological polar surface area (TPSA) is 51.8 Å². The van der Waals surface area contributed by atoms with Crippen LogP contribution in [0, 0.1) is 0 Å². The number of rotatable bonds is 6. The molecule has 2 aromatic rings. The molecule has 0 aromatic heterocycles. The first-order chi connectivity index (χ1) is 12.0. The van der Waals surface area contributed by atoms with Gasteiger partial charge in [-0.05, 0) is 35.8 Å². The maximum Gasteiger partial charge on any atom is 0.203 e. The Morgan fingerprint density at radius 1 is 0.840 bits per heavy atom. The molecule has 134 valence electrons. The Hall–Kier alpha value is -2.47. The fourth-order valence-corrected chi connectivity index (χ4v) is 2.63. The van der Waals surface area contributed by atoms with E-state index in [1.165, 1.54) is 5.56 Å². The van der Waals surface area contributed by atoms with Gasteiger partial charge in [-0.25, -0.2) is 0 Å². The predicted octanol–water partition coefficient (Wildman–Crippen LogP) is 4.64. The van der Waals surface area contributed by atoms with Gasteiger partial charge < -0.3 is 24.8 Å². The molecule has 0 heterocycles. The first-order valence-corrected chi connectivity index (χ1v) is 8.37. The third-order valence-corrected chi connectivity index (χ3v) is 3.96. The van der Waals surface area contributed by atoms with Crippen LogP contribution in [0.2, 0.25) is 0 Å². The third-order valence-electron chi connectivity index (χ3n) is 3.76. The summed E-state index contributed by atoms with van der Waals surface area (Å²) in [5.74, 6) is 2.17. The zero-order valence-corrected chi connectivity index (χ0v) is 16.0. The van der Waals surface area contributed by atoms with Gasteiger partial charge in [0.2, 0.25) is 5.75 Å². The summed E-state index contributed by atoms with van der Waals surface area (Å²) in [7, 11) is 4.72. The van der Waals surface area contributed by atoms with Crippen molar-refractivity contribution >= 4 is 28.7 Å². The van der Waals surface area contributed by atoms with Crippen LogP contribution in [0.3, 0.4) is 0 Å². The molecule has 0 aliphatic carbocycles. The molecule has 5 nitrogen and oxygen atoms in total. The minimum atomic E-state index is 0.478. The van der Waals surface area contributed by atoms with Gasteiger partial charge in [0.15, 0.2) is 16.6 Å². The summed E-state index contributed by atoms with van der Waals surface area (Å²) < 4.78 is 16.0. The normalized spacial score (nSPS) is 10.3. The average molecular weight is 360 g/mol. The highest BCUT2D eigenvalue weighted by molar-refractivity contribution is 7.80. The van der Waals surface area contributed by atoms with Crippen molar-refractivity contribution in [3.05, 3.63) is 42.0 Å². The zero-order chi connectivity index (χ0) is 18.4. The van der Waals surface area contributed by atoms with Crippen LogP contribution < -0.4 is 24.8 Å². The van der Waals surface area contributed by atoms with Crippen LogP contribution in [0.5, 0.6) is 17.2 Å². The number of ether oxygens (including phenoxy) is 3. The van der Waals surface area contributed by atoms with Crippen molar-refractivity contribution in [1.82, 2.24) is 0 Å². The summed E-state index contributed by atoms with van der Waals surface area (Å²) in [5.41, 5.74) is 2.95. The van der Waals surface area contributed by atoms with E-state index in [9.17, 15) is 0 Å². The van der Waals surface area contributed by atoms with Crippen LogP contribution in [0.15, 0.2) is 36.4 Å². The van der Waals surface area contributed by atoms with E-state index in [0.29, 0.717) is 28.3 Å². The molecule has 0 amide bonds. The molecular weight excluding hydrogens is 336 g/mol. The number of nitrogens with one attached hydrogen (secondary N) is 2.